The molecule has 1 saturated heterocycles. The van der Waals surface area contributed by atoms with Crippen molar-refractivity contribution in [3.8, 4) is 0 Å². The van der Waals surface area contributed by atoms with Crippen molar-refractivity contribution in [1.82, 2.24) is 10.2 Å². The van der Waals surface area contributed by atoms with E-state index in [0.29, 0.717) is 25.3 Å². The molecule has 5 heteroatoms. The maximum Gasteiger partial charge on any atom is 0.251 e. The monoisotopic (exact) mass is 408 g/mol. The Labute approximate surface area is 179 Å². The smallest absolute Gasteiger partial charge is 0.251 e. The van der Waals surface area contributed by atoms with Crippen LogP contribution < -0.4 is 5.32 Å². The molecule has 1 unspecified atom stereocenters. The second kappa shape index (κ2) is 10.4. The second-order valence-electron chi connectivity index (χ2n) is 8.39. The minimum Gasteiger partial charge on any atom is -0.373 e. The molecule has 1 N–H and O–H groups in total. The van der Waals surface area contributed by atoms with Gasteiger partial charge in [-0.15, -0.1) is 0 Å². The van der Waals surface area contributed by atoms with Crippen LogP contribution in [-0.4, -0.2) is 41.9 Å². The highest BCUT2D eigenvalue weighted by Crippen LogP contribution is 2.18. The van der Waals surface area contributed by atoms with Gasteiger partial charge in [0, 0.05) is 18.7 Å². The van der Waals surface area contributed by atoms with Crippen molar-refractivity contribution in [3.05, 3.63) is 71.3 Å². The van der Waals surface area contributed by atoms with Crippen molar-refractivity contribution in [1.29, 1.82) is 0 Å². The van der Waals surface area contributed by atoms with Crippen LogP contribution in [0.5, 0.6) is 0 Å². The second-order valence-corrected chi connectivity index (χ2v) is 8.39. The highest BCUT2D eigenvalue weighted by molar-refractivity contribution is 5.97. The lowest BCUT2D eigenvalue weighted by Gasteiger charge is -2.35. The highest BCUT2D eigenvalue weighted by Gasteiger charge is 2.31. The summed E-state index contributed by atoms with van der Waals surface area (Å²) < 4.78 is 6.03. The van der Waals surface area contributed by atoms with E-state index >= 15 is 0 Å². The molecule has 0 radical (unpaired) electrons. The third-order valence-corrected chi connectivity index (χ3v) is 5.58. The molecular formula is C25H32N2O3. The summed E-state index contributed by atoms with van der Waals surface area (Å²) in [5.74, 6) is -0.197. The predicted molar refractivity (Wildman–Crippen MR) is 118 cm³/mol. The number of rotatable bonds is 7. The van der Waals surface area contributed by atoms with E-state index in [1.54, 1.807) is 6.07 Å². The van der Waals surface area contributed by atoms with Crippen LogP contribution in [0.15, 0.2) is 54.6 Å². The van der Waals surface area contributed by atoms with Crippen molar-refractivity contribution in [2.45, 2.75) is 52.4 Å². The lowest BCUT2D eigenvalue weighted by atomic mass is 9.99. The molecule has 2 amide bonds. The number of ether oxygens (including phenoxy) is 1. The van der Waals surface area contributed by atoms with Gasteiger partial charge in [0.1, 0.15) is 6.04 Å². The number of hydrogen-bond donors (Lipinski definition) is 1. The number of nitrogens with zero attached hydrogens (tertiary/aromatic N) is 1. The van der Waals surface area contributed by atoms with Gasteiger partial charge in [-0.3, -0.25) is 9.59 Å². The zero-order valence-corrected chi connectivity index (χ0v) is 18.1. The standard InChI is InChI=1S/C25H32N2O3/c1-18(2)23(26-24(28)21-11-7-8-19(3)16-21)25(29)27-14-12-22(13-15-27)30-17-20-9-5-4-6-10-20/h4-11,16,18,22-23H,12-15,17H2,1-3H3,(H,26,28). The van der Waals surface area contributed by atoms with E-state index in [9.17, 15) is 9.59 Å². The molecule has 0 bridgehead atoms. The molecule has 0 aromatic heterocycles. The Morgan fingerprint density at radius 1 is 1.07 bits per heavy atom. The topological polar surface area (TPSA) is 58.6 Å². The molecule has 1 fully saturated rings. The van der Waals surface area contributed by atoms with Gasteiger partial charge in [0.25, 0.3) is 5.91 Å². The number of likely N-dealkylation sites (tertiary alicyclic amines) is 1. The van der Waals surface area contributed by atoms with Gasteiger partial charge in [-0.05, 0) is 43.4 Å². The summed E-state index contributed by atoms with van der Waals surface area (Å²) >= 11 is 0. The lowest BCUT2D eigenvalue weighted by Crippen LogP contribution is -2.53. The maximum atomic E-state index is 13.1. The summed E-state index contributed by atoms with van der Waals surface area (Å²) in [7, 11) is 0. The fourth-order valence-electron chi connectivity index (χ4n) is 3.75. The molecule has 1 heterocycles. The number of aryl methyl sites for hydroxylation is 1. The lowest BCUT2D eigenvalue weighted by molar-refractivity contribution is -0.137. The third-order valence-electron chi connectivity index (χ3n) is 5.58. The Morgan fingerprint density at radius 3 is 2.40 bits per heavy atom. The van der Waals surface area contributed by atoms with Crippen molar-refractivity contribution in [3.63, 3.8) is 0 Å². The van der Waals surface area contributed by atoms with E-state index in [-0.39, 0.29) is 23.8 Å². The average Bonchev–Trinajstić information content (AvgIpc) is 2.76. The van der Waals surface area contributed by atoms with Crippen LogP contribution >= 0.6 is 0 Å². The summed E-state index contributed by atoms with van der Waals surface area (Å²) in [4.78, 5) is 27.7. The number of hydrogen-bond acceptors (Lipinski definition) is 3. The summed E-state index contributed by atoms with van der Waals surface area (Å²) in [5.41, 5.74) is 2.77. The first-order chi connectivity index (χ1) is 14.4. The first-order valence-electron chi connectivity index (χ1n) is 10.8. The number of amides is 2. The van der Waals surface area contributed by atoms with E-state index in [4.69, 9.17) is 4.74 Å². The normalized spacial score (nSPS) is 15.8. The Morgan fingerprint density at radius 2 is 1.77 bits per heavy atom. The van der Waals surface area contributed by atoms with Crippen LogP contribution in [-0.2, 0) is 16.1 Å². The van der Waals surface area contributed by atoms with Crippen LogP contribution in [0.25, 0.3) is 0 Å². The molecular weight excluding hydrogens is 376 g/mol. The SMILES string of the molecule is Cc1cccc(C(=O)NC(C(=O)N2CCC(OCc3ccccc3)CC2)C(C)C)c1. The molecule has 30 heavy (non-hydrogen) atoms. The van der Waals surface area contributed by atoms with E-state index in [2.05, 4.69) is 17.4 Å². The number of piperidine rings is 1. The van der Waals surface area contributed by atoms with Crippen LogP contribution in [0.3, 0.4) is 0 Å². The quantitative estimate of drug-likeness (QED) is 0.754. The van der Waals surface area contributed by atoms with E-state index in [0.717, 1.165) is 24.0 Å². The van der Waals surface area contributed by atoms with Gasteiger partial charge in [-0.25, -0.2) is 0 Å². The van der Waals surface area contributed by atoms with Crippen LogP contribution in [0, 0.1) is 12.8 Å². The van der Waals surface area contributed by atoms with Gasteiger partial charge in [0.15, 0.2) is 0 Å². The minimum absolute atomic E-state index is 0.00693. The van der Waals surface area contributed by atoms with Gasteiger partial charge < -0.3 is 15.0 Å². The molecule has 2 aromatic carbocycles. The van der Waals surface area contributed by atoms with E-state index in [1.807, 2.05) is 62.1 Å². The Hall–Kier alpha value is -2.66. The third kappa shape index (κ3) is 5.92. The molecule has 0 aliphatic carbocycles. The first kappa shape index (κ1) is 22.0. The number of benzene rings is 2. The molecule has 1 aliphatic rings. The van der Waals surface area contributed by atoms with Crippen molar-refractivity contribution in [2.75, 3.05) is 13.1 Å². The molecule has 0 spiro atoms. The molecule has 5 nitrogen and oxygen atoms in total. The Bertz CT molecular complexity index is 842. The number of nitrogens with one attached hydrogen (secondary N) is 1. The molecule has 2 aromatic rings. The average molecular weight is 409 g/mol. The van der Waals surface area contributed by atoms with Gasteiger partial charge in [-0.2, -0.15) is 0 Å². The van der Waals surface area contributed by atoms with E-state index in [1.165, 1.54) is 0 Å². The maximum absolute atomic E-state index is 13.1. The first-order valence-corrected chi connectivity index (χ1v) is 10.8. The molecule has 1 aliphatic heterocycles. The van der Waals surface area contributed by atoms with Crippen LogP contribution in [0.4, 0.5) is 0 Å². The van der Waals surface area contributed by atoms with Gasteiger partial charge >= 0.3 is 0 Å². The Balaban J connectivity index is 1.53. The number of carbonyl (C=O) groups excluding carboxylic acids is 2. The minimum atomic E-state index is -0.528. The molecule has 1 atom stereocenters. The summed E-state index contributed by atoms with van der Waals surface area (Å²) in [6.45, 7) is 7.79. The molecule has 160 valence electrons. The predicted octanol–water partition coefficient (Wildman–Crippen LogP) is 3.96. The highest BCUT2D eigenvalue weighted by atomic mass is 16.5. The van der Waals surface area contributed by atoms with Gasteiger partial charge in [0.05, 0.1) is 12.7 Å². The van der Waals surface area contributed by atoms with Gasteiger partial charge in [0.2, 0.25) is 5.91 Å². The van der Waals surface area contributed by atoms with Crippen molar-refractivity contribution in [2.24, 2.45) is 5.92 Å². The molecule has 0 saturated carbocycles. The molecule has 3 rings (SSSR count). The van der Waals surface area contributed by atoms with Crippen LogP contribution in [0.2, 0.25) is 0 Å². The van der Waals surface area contributed by atoms with E-state index < -0.39 is 6.04 Å². The van der Waals surface area contributed by atoms with Crippen molar-refractivity contribution >= 4 is 11.8 Å². The largest absolute Gasteiger partial charge is 0.373 e. The van der Waals surface area contributed by atoms with Crippen molar-refractivity contribution < 1.29 is 14.3 Å². The van der Waals surface area contributed by atoms with Crippen LogP contribution in [0.1, 0.15) is 48.2 Å². The summed E-state index contributed by atoms with van der Waals surface area (Å²) in [6.07, 6.45) is 1.79. The van der Waals surface area contributed by atoms with Gasteiger partial charge in [-0.1, -0.05) is 61.9 Å². The fraction of sp³-hybridized carbons (Fsp3) is 0.440. The number of carbonyl (C=O) groups is 2. The summed E-state index contributed by atoms with van der Waals surface area (Å²) in [6, 6.07) is 17.0. The zero-order valence-electron chi connectivity index (χ0n) is 18.1. The Kier molecular flexibility index (Phi) is 7.63. The zero-order chi connectivity index (χ0) is 21.5. The summed E-state index contributed by atoms with van der Waals surface area (Å²) in [5, 5.41) is 2.95. The fourth-order valence-corrected chi connectivity index (χ4v) is 3.75.